The van der Waals surface area contributed by atoms with Gasteiger partial charge in [-0.2, -0.15) is 18.4 Å². The highest BCUT2D eigenvalue weighted by Crippen LogP contribution is 2.38. The zero-order valence-electron chi connectivity index (χ0n) is 26.8. The predicted molar refractivity (Wildman–Crippen MR) is 168 cm³/mol. The Morgan fingerprint density at radius 3 is 2.40 bits per heavy atom. The van der Waals surface area contributed by atoms with Crippen LogP contribution in [0.15, 0.2) is 18.2 Å². The smallest absolute Gasteiger partial charge is 0.417 e. The number of nitriles is 1. The van der Waals surface area contributed by atoms with Gasteiger partial charge in [-0.15, -0.1) is 0 Å². The van der Waals surface area contributed by atoms with Crippen LogP contribution < -0.4 is 10.2 Å². The van der Waals surface area contributed by atoms with Gasteiger partial charge in [-0.25, -0.2) is 0 Å². The molecule has 0 radical (unpaired) electrons. The third-order valence-corrected chi connectivity index (χ3v) is 7.98. The standard InChI is InChI=1S/C26H33F3N4O5S.C6H12/c1-17(2)14-22(35)38-13-12-37-11-9-31-21(34)6-5-10-32-24(39)33(23(36)25(32,3)4)19-8-7-18(16-30)20(15-19)26(27,28)29;1-6-4-2-3-5-6/h7-8,15,17H,5-6,9-14H2,1-4H3,(H,31,34);6H,2-5H2,1H3. The largest absolute Gasteiger partial charge is 0.463 e. The zero-order chi connectivity index (χ0) is 33.8. The fraction of sp³-hybridized carbons (Fsp3) is 0.656. The first-order chi connectivity index (χ1) is 21.1. The summed E-state index contributed by atoms with van der Waals surface area (Å²) >= 11 is 5.44. The molecule has 0 aromatic heterocycles. The quantitative estimate of drug-likeness (QED) is 0.157. The molecule has 0 spiro atoms. The van der Waals surface area contributed by atoms with Crippen LogP contribution in [0.5, 0.6) is 0 Å². The minimum Gasteiger partial charge on any atom is -0.463 e. The van der Waals surface area contributed by atoms with E-state index in [9.17, 15) is 27.6 Å². The molecule has 1 aliphatic carbocycles. The summed E-state index contributed by atoms with van der Waals surface area (Å²) in [5.41, 5.74) is -2.94. The fourth-order valence-corrected chi connectivity index (χ4v) is 5.54. The first-order valence-electron chi connectivity index (χ1n) is 15.4. The van der Waals surface area contributed by atoms with Crippen LogP contribution in [0, 0.1) is 23.2 Å². The molecule has 250 valence electrons. The lowest BCUT2D eigenvalue weighted by atomic mass is 10.0. The van der Waals surface area contributed by atoms with Gasteiger partial charge in [0.15, 0.2) is 5.11 Å². The van der Waals surface area contributed by atoms with E-state index in [1.165, 1.54) is 37.8 Å². The number of rotatable bonds is 13. The summed E-state index contributed by atoms with van der Waals surface area (Å²) in [6.45, 7) is 10.5. The topological polar surface area (TPSA) is 112 Å². The molecular weight excluding hydrogens is 609 g/mol. The number of hydrogen-bond acceptors (Lipinski definition) is 7. The number of esters is 1. The van der Waals surface area contributed by atoms with E-state index < -0.39 is 28.7 Å². The van der Waals surface area contributed by atoms with Gasteiger partial charge in [-0.3, -0.25) is 19.3 Å². The van der Waals surface area contributed by atoms with Gasteiger partial charge in [0, 0.05) is 25.9 Å². The van der Waals surface area contributed by atoms with E-state index in [1.807, 2.05) is 13.8 Å². The molecule has 1 saturated heterocycles. The van der Waals surface area contributed by atoms with Gasteiger partial charge in [0.05, 0.1) is 36.1 Å². The number of nitrogens with one attached hydrogen (secondary N) is 1. The Morgan fingerprint density at radius 1 is 1.18 bits per heavy atom. The van der Waals surface area contributed by atoms with Crippen molar-refractivity contribution in [2.24, 2.45) is 11.8 Å². The molecule has 1 aromatic rings. The average molecular weight is 655 g/mol. The Labute approximate surface area is 269 Å². The summed E-state index contributed by atoms with van der Waals surface area (Å²) in [6, 6.07) is 4.52. The van der Waals surface area contributed by atoms with Crippen LogP contribution in [-0.4, -0.2) is 66.2 Å². The van der Waals surface area contributed by atoms with Crippen molar-refractivity contribution in [3.05, 3.63) is 29.3 Å². The second-order valence-electron chi connectivity index (χ2n) is 12.2. The van der Waals surface area contributed by atoms with Crippen molar-refractivity contribution in [3.63, 3.8) is 0 Å². The fourth-order valence-electron chi connectivity index (χ4n) is 5.03. The van der Waals surface area contributed by atoms with Crippen LogP contribution in [0.25, 0.3) is 0 Å². The molecule has 1 aliphatic heterocycles. The van der Waals surface area contributed by atoms with E-state index in [0.29, 0.717) is 12.8 Å². The molecule has 1 aromatic carbocycles. The van der Waals surface area contributed by atoms with E-state index in [-0.39, 0.29) is 67.9 Å². The van der Waals surface area contributed by atoms with Crippen molar-refractivity contribution in [2.75, 3.05) is 37.8 Å². The highest BCUT2D eigenvalue weighted by atomic mass is 32.1. The van der Waals surface area contributed by atoms with Crippen molar-refractivity contribution in [2.45, 2.75) is 91.3 Å². The number of halogens is 3. The van der Waals surface area contributed by atoms with E-state index in [1.54, 1.807) is 18.7 Å². The number of thiocarbonyl (C=S) groups is 1. The summed E-state index contributed by atoms with van der Waals surface area (Å²) < 4.78 is 50.7. The first-order valence-corrected chi connectivity index (χ1v) is 15.8. The summed E-state index contributed by atoms with van der Waals surface area (Å²) in [5, 5.41) is 11.8. The van der Waals surface area contributed by atoms with Gasteiger partial charge in [0.2, 0.25) is 5.91 Å². The maximum Gasteiger partial charge on any atom is 0.417 e. The molecule has 1 N–H and O–H groups in total. The molecule has 2 amide bonds. The van der Waals surface area contributed by atoms with Crippen molar-refractivity contribution < 1.29 is 37.0 Å². The maximum atomic E-state index is 13.4. The van der Waals surface area contributed by atoms with Gasteiger partial charge in [0.1, 0.15) is 12.1 Å². The summed E-state index contributed by atoms with van der Waals surface area (Å²) in [5.74, 6) is 0.228. The SMILES string of the molecule is CC(C)CC(=O)OCCOCCNC(=O)CCCN1C(=S)N(c2ccc(C#N)c(C(F)(F)F)c2)C(=O)C1(C)C.CC1CCCC1. The van der Waals surface area contributed by atoms with Crippen molar-refractivity contribution in [1.29, 1.82) is 5.26 Å². The van der Waals surface area contributed by atoms with Crippen molar-refractivity contribution in [1.82, 2.24) is 10.2 Å². The maximum absolute atomic E-state index is 13.4. The van der Waals surface area contributed by atoms with E-state index in [4.69, 9.17) is 27.0 Å². The number of carbonyl (C=O) groups is 3. The lowest BCUT2D eigenvalue weighted by molar-refractivity contribution is -0.146. The van der Waals surface area contributed by atoms with Gasteiger partial charge in [0.25, 0.3) is 5.91 Å². The van der Waals surface area contributed by atoms with Crippen LogP contribution in [0.1, 0.15) is 90.7 Å². The predicted octanol–water partition coefficient (Wildman–Crippen LogP) is 5.99. The first kappa shape index (κ1) is 37.9. The highest BCUT2D eigenvalue weighted by Gasteiger charge is 2.49. The minimum atomic E-state index is -4.78. The summed E-state index contributed by atoms with van der Waals surface area (Å²) in [4.78, 5) is 39.4. The Hall–Kier alpha value is -3.24. The molecule has 1 heterocycles. The molecule has 13 heteroatoms. The minimum absolute atomic E-state index is 0.0192. The second-order valence-corrected chi connectivity index (χ2v) is 12.6. The van der Waals surface area contributed by atoms with Crippen LogP contribution in [0.3, 0.4) is 0 Å². The van der Waals surface area contributed by atoms with Gasteiger partial charge in [-0.1, -0.05) is 46.5 Å². The molecule has 3 rings (SSSR count). The number of carbonyl (C=O) groups excluding carboxylic acids is 3. The van der Waals surface area contributed by atoms with E-state index in [0.717, 1.165) is 23.0 Å². The van der Waals surface area contributed by atoms with Gasteiger partial charge in [-0.05, 0) is 62.5 Å². The van der Waals surface area contributed by atoms with Crippen molar-refractivity contribution >= 4 is 40.8 Å². The lowest BCUT2D eigenvalue weighted by Gasteiger charge is -2.29. The highest BCUT2D eigenvalue weighted by molar-refractivity contribution is 7.80. The number of anilines is 1. The molecular formula is C32H45F3N4O5S. The monoisotopic (exact) mass is 654 g/mol. The van der Waals surface area contributed by atoms with Crippen LogP contribution in [0.2, 0.25) is 0 Å². The molecule has 1 saturated carbocycles. The van der Waals surface area contributed by atoms with Crippen LogP contribution >= 0.6 is 12.2 Å². The normalized spacial score (nSPS) is 16.4. The number of amides is 2. The third-order valence-electron chi connectivity index (χ3n) is 7.57. The molecule has 45 heavy (non-hydrogen) atoms. The Morgan fingerprint density at radius 2 is 1.84 bits per heavy atom. The number of benzene rings is 1. The molecule has 2 fully saturated rings. The molecule has 0 atom stereocenters. The Balaban J connectivity index is 0.00000105. The number of ether oxygens (including phenoxy) is 2. The van der Waals surface area contributed by atoms with Crippen LogP contribution in [0.4, 0.5) is 18.9 Å². The summed E-state index contributed by atoms with van der Waals surface area (Å²) in [6.07, 6.45) is 1.98. The third kappa shape index (κ3) is 11.6. The zero-order valence-corrected chi connectivity index (χ0v) is 27.6. The number of hydrogen-bond donors (Lipinski definition) is 1. The van der Waals surface area contributed by atoms with E-state index in [2.05, 4.69) is 12.2 Å². The second kappa shape index (κ2) is 17.5. The molecule has 2 aliphatic rings. The summed E-state index contributed by atoms with van der Waals surface area (Å²) in [7, 11) is 0. The van der Waals surface area contributed by atoms with Gasteiger partial charge < -0.3 is 19.7 Å². The number of nitrogens with zero attached hydrogens (tertiary/aromatic N) is 3. The van der Waals surface area contributed by atoms with Crippen molar-refractivity contribution in [3.8, 4) is 6.07 Å². The molecule has 0 unspecified atom stereocenters. The number of alkyl halides is 3. The lowest BCUT2D eigenvalue weighted by Crippen LogP contribution is -2.44. The van der Waals surface area contributed by atoms with Crippen LogP contribution in [-0.2, 0) is 30.0 Å². The van der Waals surface area contributed by atoms with Gasteiger partial charge >= 0.3 is 12.1 Å². The molecule has 0 bridgehead atoms. The van der Waals surface area contributed by atoms with E-state index >= 15 is 0 Å². The Bertz CT molecular complexity index is 1230. The average Bonchev–Trinajstić information content (AvgIpc) is 3.50. The Kier molecular flexibility index (Phi) is 14.7. The molecule has 9 nitrogen and oxygen atoms in total.